The number of benzene rings is 1. The van der Waals surface area contributed by atoms with Crippen LogP contribution in [0.4, 0.5) is 5.69 Å². The molecule has 0 aliphatic rings. The van der Waals surface area contributed by atoms with Gasteiger partial charge in [-0.05, 0) is 13.0 Å². The first-order valence-electron chi connectivity index (χ1n) is 5.11. The topological polar surface area (TPSA) is 89.7 Å². The second-order valence-corrected chi connectivity index (χ2v) is 3.24. The van der Waals surface area contributed by atoms with Crippen molar-refractivity contribution in [1.82, 2.24) is 0 Å². The van der Waals surface area contributed by atoms with Gasteiger partial charge in [-0.15, -0.1) is 11.8 Å². The molecule has 6 heteroatoms. The van der Waals surface area contributed by atoms with Gasteiger partial charge < -0.3 is 9.84 Å². The third-order valence-electron chi connectivity index (χ3n) is 2.08. The van der Waals surface area contributed by atoms with E-state index >= 15 is 0 Å². The van der Waals surface area contributed by atoms with Gasteiger partial charge in [-0.1, -0.05) is 6.07 Å². The van der Waals surface area contributed by atoms with Gasteiger partial charge in [-0.3, -0.25) is 10.1 Å². The van der Waals surface area contributed by atoms with Crippen molar-refractivity contribution in [2.45, 2.75) is 13.3 Å². The van der Waals surface area contributed by atoms with Crippen molar-refractivity contribution in [3.05, 3.63) is 33.9 Å². The number of nitrogens with zero attached hydrogens (tertiary/aromatic N) is 1. The highest BCUT2D eigenvalue weighted by Gasteiger charge is 2.24. The van der Waals surface area contributed by atoms with Crippen LogP contribution in [0.1, 0.15) is 23.7 Å². The van der Waals surface area contributed by atoms with Crippen LogP contribution in [-0.4, -0.2) is 22.6 Å². The average Bonchev–Trinajstić information content (AvgIpc) is 2.33. The van der Waals surface area contributed by atoms with Crippen LogP contribution in [0.2, 0.25) is 0 Å². The van der Waals surface area contributed by atoms with E-state index in [4.69, 9.17) is 9.84 Å². The number of carboxylic acid groups (broad SMARTS) is 1. The average molecular weight is 249 g/mol. The minimum Gasteiger partial charge on any atom is -0.491 e. The Hall–Kier alpha value is -2.55. The maximum Gasteiger partial charge on any atom is 0.346 e. The van der Waals surface area contributed by atoms with E-state index in [9.17, 15) is 14.9 Å². The fourth-order valence-corrected chi connectivity index (χ4v) is 1.34. The molecular weight excluding hydrogens is 238 g/mol. The minimum atomic E-state index is -1.39. The Labute approximate surface area is 103 Å². The molecule has 0 spiro atoms. The Kier molecular flexibility index (Phi) is 4.69. The largest absolute Gasteiger partial charge is 0.491 e. The lowest BCUT2D eigenvalue weighted by Gasteiger charge is -2.07. The molecule has 94 valence electrons. The maximum atomic E-state index is 11.0. The molecule has 0 unspecified atom stereocenters. The van der Waals surface area contributed by atoms with Gasteiger partial charge in [-0.25, -0.2) is 4.79 Å². The SMILES string of the molecule is CC#CCCOc1cccc([N+](=O)[O-])c1C(=O)O. The minimum absolute atomic E-state index is 0.0189. The second kappa shape index (κ2) is 6.25. The fraction of sp³-hybridized carbons (Fsp3) is 0.250. The second-order valence-electron chi connectivity index (χ2n) is 3.24. The van der Waals surface area contributed by atoms with Crippen LogP contribution >= 0.6 is 0 Å². The molecule has 0 saturated carbocycles. The van der Waals surface area contributed by atoms with Crippen molar-refractivity contribution in [3.8, 4) is 17.6 Å². The quantitative estimate of drug-likeness (QED) is 0.373. The maximum absolute atomic E-state index is 11.0. The van der Waals surface area contributed by atoms with Crippen LogP contribution < -0.4 is 4.74 Å². The molecule has 1 aromatic carbocycles. The van der Waals surface area contributed by atoms with Crippen LogP contribution in [0, 0.1) is 22.0 Å². The van der Waals surface area contributed by atoms with Crippen LogP contribution in [0.15, 0.2) is 18.2 Å². The highest BCUT2D eigenvalue weighted by Crippen LogP contribution is 2.28. The summed E-state index contributed by atoms with van der Waals surface area (Å²) in [6.45, 7) is 1.86. The molecule has 0 aliphatic carbocycles. The third kappa shape index (κ3) is 3.22. The number of aromatic carboxylic acids is 1. The number of hydrogen-bond donors (Lipinski definition) is 1. The zero-order valence-electron chi connectivity index (χ0n) is 9.67. The Bertz CT molecular complexity index is 527. The van der Waals surface area contributed by atoms with Crippen molar-refractivity contribution >= 4 is 11.7 Å². The highest BCUT2D eigenvalue weighted by molar-refractivity contribution is 5.95. The number of carbonyl (C=O) groups is 1. The summed E-state index contributed by atoms with van der Waals surface area (Å²) >= 11 is 0. The molecule has 0 bridgehead atoms. The van der Waals surface area contributed by atoms with Gasteiger partial charge in [0, 0.05) is 12.5 Å². The first-order chi connectivity index (χ1) is 8.57. The predicted octanol–water partition coefficient (Wildman–Crippen LogP) is 2.09. The lowest BCUT2D eigenvalue weighted by Crippen LogP contribution is -2.07. The number of ether oxygens (including phenoxy) is 1. The van der Waals surface area contributed by atoms with Gasteiger partial charge in [0.1, 0.15) is 5.75 Å². The Morgan fingerprint density at radius 1 is 1.56 bits per heavy atom. The number of nitro groups is 1. The van der Waals surface area contributed by atoms with Crippen LogP contribution in [0.5, 0.6) is 5.75 Å². The van der Waals surface area contributed by atoms with E-state index in [0.29, 0.717) is 6.42 Å². The summed E-state index contributed by atoms with van der Waals surface area (Å²) in [5, 5.41) is 19.7. The monoisotopic (exact) mass is 249 g/mol. The summed E-state index contributed by atoms with van der Waals surface area (Å²) in [4.78, 5) is 21.0. The van der Waals surface area contributed by atoms with E-state index in [1.165, 1.54) is 12.1 Å². The summed E-state index contributed by atoms with van der Waals surface area (Å²) in [5.74, 6) is 4.01. The van der Waals surface area contributed by atoms with Crippen LogP contribution in [0.3, 0.4) is 0 Å². The molecule has 0 saturated heterocycles. The zero-order valence-corrected chi connectivity index (χ0v) is 9.67. The van der Waals surface area contributed by atoms with Crippen molar-refractivity contribution in [2.75, 3.05) is 6.61 Å². The number of nitro benzene ring substituents is 1. The van der Waals surface area contributed by atoms with E-state index < -0.39 is 22.1 Å². The molecule has 18 heavy (non-hydrogen) atoms. The van der Waals surface area contributed by atoms with Crippen molar-refractivity contribution in [3.63, 3.8) is 0 Å². The molecule has 1 N–H and O–H groups in total. The van der Waals surface area contributed by atoms with Crippen LogP contribution in [0.25, 0.3) is 0 Å². The predicted molar refractivity (Wildman–Crippen MR) is 63.6 cm³/mol. The summed E-state index contributed by atoms with van der Waals surface area (Å²) < 4.78 is 5.20. The zero-order chi connectivity index (χ0) is 13.5. The molecule has 0 atom stereocenters. The summed E-state index contributed by atoms with van der Waals surface area (Å²) in [6.07, 6.45) is 0.429. The Morgan fingerprint density at radius 2 is 2.28 bits per heavy atom. The Balaban J connectivity index is 3.02. The van der Waals surface area contributed by atoms with Crippen LogP contribution in [-0.2, 0) is 0 Å². The molecule has 0 heterocycles. The molecule has 0 aromatic heterocycles. The normalized spacial score (nSPS) is 9.17. The van der Waals surface area contributed by atoms with Crippen molar-refractivity contribution in [1.29, 1.82) is 0 Å². The van der Waals surface area contributed by atoms with E-state index in [-0.39, 0.29) is 12.4 Å². The lowest BCUT2D eigenvalue weighted by atomic mass is 10.1. The molecular formula is C12H11NO5. The van der Waals surface area contributed by atoms with Gasteiger partial charge in [-0.2, -0.15) is 0 Å². The van der Waals surface area contributed by atoms with E-state index in [0.717, 1.165) is 6.07 Å². The Morgan fingerprint density at radius 3 is 2.83 bits per heavy atom. The molecule has 1 aromatic rings. The summed E-state index contributed by atoms with van der Waals surface area (Å²) in [6, 6.07) is 3.89. The van der Waals surface area contributed by atoms with Gasteiger partial charge in [0.2, 0.25) is 0 Å². The molecule has 0 radical (unpaired) electrons. The molecule has 0 fully saturated rings. The standard InChI is InChI=1S/C12H11NO5/c1-2-3-4-8-18-10-7-5-6-9(13(16)17)11(10)12(14)15/h5-7H,4,8H2,1H3,(H,14,15). The third-order valence-corrected chi connectivity index (χ3v) is 2.08. The van der Waals surface area contributed by atoms with Crippen molar-refractivity contribution < 1.29 is 19.6 Å². The molecule has 6 nitrogen and oxygen atoms in total. The summed E-state index contributed by atoms with van der Waals surface area (Å²) in [5.41, 5.74) is -0.923. The lowest BCUT2D eigenvalue weighted by molar-refractivity contribution is -0.385. The molecule has 0 amide bonds. The van der Waals surface area contributed by atoms with Crippen molar-refractivity contribution in [2.24, 2.45) is 0 Å². The van der Waals surface area contributed by atoms with E-state index in [1.54, 1.807) is 6.92 Å². The van der Waals surface area contributed by atoms with E-state index in [2.05, 4.69) is 11.8 Å². The molecule has 0 aliphatic heterocycles. The first-order valence-corrected chi connectivity index (χ1v) is 5.11. The van der Waals surface area contributed by atoms with Gasteiger partial charge in [0.15, 0.2) is 5.56 Å². The highest BCUT2D eigenvalue weighted by atomic mass is 16.6. The summed E-state index contributed by atoms with van der Waals surface area (Å²) in [7, 11) is 0. The molecule has 1 rings (SSSR count). The van der Waals surface area contributed by atoms with E-state index in [1.807, 2.05) is 0 Å². The van der Waals surface area contributed by atoms with Gasteiger partial charge in [0.25, 0.3) is 5.69 Å². The number of carboxylic acids is 1. The van der Waals surface area contributed by atoms with Gasteiger partial charge >= 0.3 is 5.97 Å². The number of hydrogen-bond acceptors (Lipinski definition) is 4. The van der Waals surface area contributed by atoms with Gasteiger partial charge in [0.05, 0.1) is 11.5 Å². The smallest absolute Gasteiger partial charge is 0.346 e. The fourth-order valence-electron chi connectivity index (χ4n) is 1.34. The number of rotatable bonds is 5. The first kappa shape index (κ1) is 13.5.